The zero-order valence-electron chi connectivity index (χ0n) is 18.0. The van der Waals surface area contributed by atoms with Crippen molar-refractivity contribution in [3.8, 4) is 22.9 Å². The predicted octanol–water partition coefficient (Wildman–Crippen LogP) is 4.72. The Morgan fingerprint density at radius 2 is 1.91 bits per heavy atom. The molecule has 3 aromatic rings. The molecule has 1 amide bonds. The van der Waals surface area contributed by atoms with Gasteiger partial charge in [-0.05, 0) is 90.9 Å². The Bertz CT molecular complexity index is 1130. The quantitative estimate of drug-likeness (QED) is 0.478. The molecular formula is C27H27N3O2. The highest BCUT2D eigenvalue weighted by atomic mass is 16.3. The lowest BCUT2D eigenvalue weighted by Crippen LogP contribution is -2.30. The van der Waals surface area contributed by atoms with E-state index in [1.54, 1.807) is 12.1 Å². The van der Waals surface area contributed by atoms with Gasteiger partial charge in [0.15, 0.2) is 0 Å². The summed E-state index contributed by atoms with van der Waals surface area (Å²) >= 11 is 0. The van der Waals surface area contributed by atoms with E-state index in [2.05, 4.69) is 16.7 Å². The lowest BCUT2D eigenvalue weighted by molar-refractivity contribution is 0.0953. The first-order valence-corrected chi connectivity index (χ1v) is 11.1. The van der Waals surface area contributed by atoms with Crippen molar-refractivity contribution in [3.63, 3.8) is 0 Å². The number of unbranched alkanes of at least 4 members (excludes halogenated alkanes) is 1. The maximum atomic E-state index is 12.5. The van der Waals surface area contributed by atoms with Gasteiger partial charge in [-0.15, -0.1) is 0 Å². The van der Waals surface area contributed by atoms with E-state index in [0.29, 0.717) is 23.4 Å². The summed E-state index contributed by atoms with van der Waals surface area (Å²) in [6, 6.07) is 22.9. The van der Waals surface area contributed by atoms with Gasteiger partial charge in [0, 0.05) is 18.2 Å². The number of amides is 1. The van der Waals surface area contributed by atoms with E-state index >= 15 is 0 Å². The molecule has 32 heavy (non-hydrogen) atoms. The van der Waals surface area contributed by atoms with Gasteiger partial charge in [-0.1, -0.05) is 30.3 Å². The Morgan fingerprint density at radius 3 is 2.72 bits per heavy atom. The van der Waals surface area contributed by atoms with Gasteiger partial charge >= 0.3 is 0 Å². The van der Waals surface area contributed by atoms with Crippen LogP contribution in [-0.2, 0) is 6.42 Å². The summed E-state index contributed by atoms with van der Waals surface area (Å²) in [6.45, 7) is 1.58. The molecule has 0 saturated carbocycles. The Balaban J connectivity index is 1.24. The van der Waals surface area contributed by atoms with Crippen LogP contribution >= 0.6 is 0 Å². The average Bonchev–Trinajstić information content (AvgIpc) is 2.84. The first kappa shape index (κ1) is 21.6. The summed E-state index contributed by atoms with van der Waals surface area (Å²) in [5.41, 5.74) is 5.69. The largest absolute Gasteiger partial charge is 0.508 e. The highest BCUT2D eigenvalue weighted by molar-refractivity contribution is 5.94. The van der Waals surface area contributed by atoms with Gasteiger partial charge in [0.25, 0.3) is 5.91 Å². The molecule has 162 valence electrons. The maximum absolute atomic E-state index is 12.5. The van der Waals surface area contributed by atoms with E-state index in [4.69, 9.17) is 5.26 Å². The Labute approximate surface area is 188 Å². The monoisotopic (exact) mass is 425 g/mol. The number of aromatic hydroxyl groups is 1. The summed E-state index contributed by atoms with van der Waals surface area (Å²) in [7, 11) is 0. The normalized spacial score (nSPS) is 14.9. The number of phenols is 1. The molecule has 0 fully saturated rings. The van der Waals surface area contributed by atoms with E-state index in [1.165, 1.54) is 11.1 Å². The van der Waals surface area contributed by atoms with Crippen LogP contribution in [0.4, 0.5) is 0 Å². The van der Waals surface area contributed by atoms with Crippen molar-refractivity contribution >= 4 is 5.91 Å². The second kappa shape index (κ2) is 10.1. The molecule has 0 radical (unpaired) electrons. The van der Waals surface area contributed by atoms with Crippen molar-refractivity contribution in [2.45, 2.75) is 31.7 Å². The smallest absolute Gasteiger partial charge is 0.251 e. The van der Waals surface area contributed by atoms with Crippen molar-refractivity contribution in [1.82, 2.24) is 10.6 Å². The number of hydrogen-bond donors (Lipinski definition) is 3. The zero-order valence-corrected chi connectivity index (χ0v) is 18.0. The number of phenolic OH excluding ortho intramolecular Hbond substituents is 1. The predicted molar refractivity (Wildman–Crippen MR) is 125 cm³/mol. The van der Waals surface area contributed by atoms with Crippen LogP contribution in [0.15, 0.2) is 66.7 Å². The fourth-order valence-corrected chi connectivity index (χ4v) is 4.24. The maximum Gasteiger partial charge on any atom is 0.251 e. The van der Waals surface area contributed by atoms with E-state index in [9.17, 15) is 9.90 Å². The number of nitrogens with zero attached hydrogens (tertiary/aromatic N) is 1. The van der Waals surface area contributed by atoms with Crippen molar-refractivity contribution < 1.29 is 9.90 Å². The van der Waals surface area contributed by atoms with Crippen LogP contribution in [0, 0.1) is 11.3 Å². The molecule has 4 rings (SSSR count). The lowest BCUT2D eigenvalue weighted by Gasteiger charge is -2.27. The molecule has 1 unspecified atom stereocenters. The number of nitrogens with one attached hydrogen (secondary N) is 2. The zero-order chi connectivity index (χ0) is 22.3. The van der Waals surface area contributed by atoms with Gasteiger partial charge in [-0.3, -0.25) is 4.79 Å². The molecule has 0 aliphatic carbocycles. The van der Waals surface area contributed by atoms with Crippen molar-refractivity contribution in [3.05, 3.63) is 89.0 Å². The molecule has 0 saturated heterocycles. The van der Waals surface area contributed by atoms with Crippen molar-refractivity contribution in [2.75, 3.05) is 13.1 Å². The van der Waals surface area contributed by atoms with Gasteiger partial charge < -0.3 is 15.7 Å². The van der Waals surface area contributed by atoms with Crippen LogP contribution in [0.25, 0.3) is 11.1 Å². The highest BCUT2D eigenvalue weighted by Crippen LogP contribution is 2.29. The minimum atomic E-state index is -0.0756. The van der Waals surface area contributed by atoms with Gasteiger partial charge in [-0.2, -0.15) is 5.26 Å². The van der Waals surface area contributed by atoms with Crippen molar-refractivity contribution in [1.29, 1.82) is 5.26 Å². The molecule has 1 aliphatic rings. The first-order chi connectivity index (χ1) is 15.6. The fourth-order valence-electron chi connectivity index (χ4n) is 4.24. The molecule has 1 atom stereocenters. The standard InChI is InChI=1S/C27H27N3O2/c28-18-19-4-3-5-23(16-19)20-7-9-22(10-8-20)27(32)30-14-2-1-6-26-25-17-24(31)12-11-21(25)13-15-29-26/h3-5,7-12,16-17,26,29,31H,1-2,6,13-15H2,(H,30,32). The molecule has 1 aliphatic heterocycles. The Morgan fingerprint density at radius 1 is 1.06 bits per heavy atom. The van der Waals surface area contributed by atoms with Crippen LogP contribution in [0.5, 0.6) is 5.75 Å². The Kier molecular flexibility index (Phi) is 6.84. The highest BCUT2D eigenvalue weighted by Gasteiger charge is 2.19. The van der Waals surface area contributed by atoms with Crippen LogP contribution in [0.1, 0.15) is 52.4 Å². The van der Waals surface area contributed by atoms with E-state index in [0.717, 1.165) is 43.4 Å². The van der Waals surface area contributed by atoms with Crippen LogP contribution in [0.3, 0.4) is 0 Å². The summed E-state index contributed by atoms with van der Waals surface area (Å²) in [6.07, 6.45) is 3.85. The van der Waals surface area contributed by atoms with Gasteiger partial charge in [0.1, 0.15) is 5.75 Å². The molecule has 0 spiro atoms. The molecular weight excluding hydrogens is 398 g/mol. The molecule has 0 aromatic heterocycles. The van der Waals surface area contributed by atoms with Gasteiger partial charge in [0.05, 0.1) is 11.6 Å². The van der Waals surface area contributed by atoms with E-state index in [-0.39, 0.29) is 11.9 Å². The number of rotatable bonds is 7. The first-order valence-electron chi connectivity index (χ1n) is 11.1. The third-order valence-corrected chi connectivity index (χ3v) is 5.97. The van der Waals surface area contributed by atoms with Gasteiger partial charge in [0.2, 0.25) is 0 Å². The van der Waals surface area contributed by atoms with Crippen LogP contribution in [-0.4, -0.2) is 24.1 Å². The SMILES string of the molecule is N#Cc1cccc(-c2ccc(C(=O)NCCCCC3NCCc4ccc(O)cc43)cc2)c1. The average molecular weight is 426 g/mol. The number of benzene rings is 3. The van der Waals surface area contributed by atoms with E-state index < -0.39 is 0 Å². The molecule has 3 N–H and O–H groups in total. The molecule has 3 aromatic carbocycles. The number of fused-ring (bicyclic) bond motifs is 1. The summed E-state index contributed by atoms with van der Waals surface area (Å²) in [5, 5.41) is 25.4. The molecule has 5 nitrogen and oxygen atoms in total. The number of carbonyl (C=O) groups is 1. The molecule has 5 heteroatoms. The second-order valence-corrected chi connectivity index (χ2v) is 8.16. The lowest BCUT2D eigenvalue weighted by atomic mass is 9.91. The molecule has 0 bridgehead atoms. The van der Waals surface area contributed by atoms with Crippen LogP contribution < -0.4 is 10.6 Å². The third-order valence-electron chi connectivity index (χ3n) is 5.97. The van der Waals surface area contributed by atoms with E-state index in [1.807, 2.05) is 54.6 Å². The van der Waals surface area contributed by atoms with Gasteiger partial charge in [-0.25, -0.2) is 0 Å². The Hall–Kier alpha value is -3.62. The minimum absolute atomic E-state index is 0.0756. The number of hydrogen-bond acceptors (Lipinski definition) is 4. The topological polar surface area (TPSA) is 85.2 Å². The minimum Gasteiger partial charge on any atom is -0.508 e. The van der Waals surface area contributed by atoms with Crippen molar-refractivity contribution in [2.24, 2.45) is 0 Å². The third kappa shape index (κ3) is 5.16. The summed E-state index contributed by atoms with van der Waals surface area (Å²) in [5.74, 6) is 0.238. The fraction of sp³-hybridized carbons (Fsp3) is 0.259. The van der Waals surface area contributed by atoms with Crippen LogP contribution in [0.2, 0.25) is 0 Å². The number of carbonyl (C=O) groups excluding carboxylic acids is 1. The summed E-state index contributed by atoms with van der Waals surface area (Å²) < 4.78 is 0. The molecule has 1 heterocycles. The summed E-state index contributed by atoms with van der Waals surface area (Å²) in [4.78, 5) is 12.5. The second-order valence-electron chi connectivity index (χ2n) is 8.16. The number of nitriles is 1.